The fraction of sp³-hybridized carbons (Fsp3) is 0.167. The lowest BCUT2D eigenvalue weighted by Gasteiger charge is -2.25. The molecule has 0 saturated heterocycles. The summed E-state index contributed by atoms with van der Waals surface area (Å²) in [6, 6.07) is 80.2. The number of fused-ring (bicyclic) bond motifs is 11. The lowest BCUT2D eigenvalue weighted by Crippen LogP contribution is -2.09. The minimum Gasteiger partial charge on any atom is -0.477 e. The molecule has 8 bridgehead atoms. The number of aryl methyl sites for hydroxylation is 7. The molecule has 2 aliphatic heterocycles. The molecule has 105 heavy (non-hydrogen) atoms. The summed E-state index contributed by atoms with van der Waals surface area (Å²) in [5.74, 6) is 0.0693. The molecule has 9 aromatic carbocycles. The molecule has 4 aromatic heterocycles. The minimum atomic E-state index is -1.27. The van der Waals surface area contributed by atoms with Crippen LogP contribution >= 0.6 is 0 Å². The van der Waals surface area contributed by atoms with Crippen molar-refractivity contribution in [1.82, 2.24) is 24.5 Å². The van der Waals surface area contributed by atoms with Crippen LogP contribution in [-0.2, 0) is 11.3 Å². The Balaban J connectivity index is 0.847. The highest BCUT2D eigenvalue weighted by Gasteiger charge is 2.24. The molecule has 2 aliphatic rings. The average Bonchev–Trinajstić information content (AvgIpc) is 1.61. The normalized spacial score (nSPS) is 12.5. The summed E-state index contributed by atoms with van der Waals surface area (Å²) in [6.45, 7) is 21.0. The number of nitrogens with zero attached hydrogens (tertiary/aromatic N) is 5. The fourth-order valence-electron chi connectivity index (χ4n) is 15.9. The third-order valence-corrected chi connectivity index (χ3v) is 20.8. The Bertz CT molecular complexity index is 5750. The monoisotopic (exact) mass is 1370 g/mol. The third-order valence-electron chi connectivity index (χ3n) is 20.8. The summed E-state index contributed by atoms with van der Waals surface area (Å²) in [7, 11) is 0. The Labute approximate surface area is 615 Å². The van der Waals surface area contributed by atoms with Gasteiger partial charge in [-0.15, -0.1) is 0 Å². The molecular weight excluding hydrogens is 1280 g/mol. The Hall–Kier alpha value is -12.4. The summed E-state index contributed by atoms with van der Waals surface area (Å²) in [4.78, 5) is 33.4. The molecule has 0 spiro atoms. The average molecular weight is 1370 g/mol. The number of rotatable bonds is 19. The van der Waals surface area contributed by atoms with Crippen molar-refractivity contribution in [1.29, 1.82) is 5.26 Å². The molecule has 0 amide bonds. The quantitative estimate of drug-likeness (QED) is 0.0421. The molecule has 3 N–H and O–H groups in total. The maximum atomic E-state index is 11.9. The van der Waals surface area contributed by atoms with E-state index in [-0.39, 0.29) is 5.57 Å². The van der Waals surface area contributed by atoms with Crippen molar-refractivity contribution in [2.24, 2.45) is 11.8 Å². The van der Waals surface area contributed by atoms with Crippen molar-refractivity contribution in [2.75, 3.05) is 4.90 Å². The molecule has 9 heteroatoms. The summed E-state index contributed by atoms with van der Waals surface area (Å²) in [6.07, 6.45) is 19.3. The van der Waals surface area contributed by atoms with Gasteiger partial charge in [0.25, 0.3) is 0 Å². The van der Waals surface area contributed by atoms with Crippen LogP contribution < -0.4 is 4.90 Å². The smallest absolute Gasteiger partial charge is 0.346 e. The zero-order chi connectivity index (χ0) is 72.6. The first-order valence-electron chi connectivity index (χ1n) is 36.6. The zero-order valence-electron chi connectivity index (χ0n) is 61.1. The van der Waals surface area contributed by atoms with Gasteiger partial charge < -0.3 is 24.5 Å². The van der Waals surface area contributed by atoms with Gasteiger partial charge in [-0.05, 0) is 247 Å². The highest BCUT2D eigenvalue weighted by atomic mass is 16.4. The molecule has 9 nitrogen and oxygen atoms in total. The molecule has 0 fully saturated rings. The first-order chi connectivity index (χ1) is 51.0. The number of para-hydroxylation sites is 2. The maximum absolute atomic E-state index is 11.9. The number of carboxylic acid groups (broad SMARTS) is 1. The van der Waals surface area contributed by atoms with Gasteiger partial charge in [0.1, 0.15) is 11.6 Å². The number of carbonyl (C=O) groups is 1. The number of anilines is 3. The number of nitrogens with one attached hydrogen (secondary N) is 2. The first-order valence-corrected chi connectivity index (χ1v) is 36.6. The van der Waals surface area contributed by atoms with Gasteiger partial charge in [0, 0.05) is 89.7 Å². The predicted molar refractivity (Wildman–Crippen MR) is 441 cm³/mol. The standard InChI is InChI=1S/C96H85N7O2/c1-59(2)17-16-18-60(3)49-50-102-88-47-29-69(56-78(88)79-57-73(36-48-89(79)102)70-34-37-77(38-35-70)103(75-19-12-10-13-20-75)76-21-14-11-15-22-76)24-23-67-25-30-71(31-26-67)92-80-39-43-84(98-80)94(90-63(6)51-61(4)52-64(90)7)86-45-41-82(100-86)93(72-32-27-68(28-33-72)55-74(58-97)96(104)105)83-42-46-87(101-83)95(85-44-40-81(92)99-85)91-65(8)53-62(5)54-66(91)9/h10-15,19-48,51-57,59-60,98,101H,16-18,49-50H2,1-9H3,(H,104,105)/b24-23+,74-55-,92-80?,92-81?,93-82?,93-83?,94-84?,94-86?,95-85?,95-87?. The zero-order valence-corrected chi connectivity index (χ0v) is 61.1. The Kier molecular flexibility index (Phi) is 19.0. The lowest BCUT2D eigenvalue weighted by atomic mass is 9.92. The first kappa shape index (κ1) is 68.4. The molecule has 0 aliphatic carbocycles. The van der Waals surface area contributed by atoms with Crippen LogP contribution in [0.5, 0.6) is 0 Å². The molecule has 1 atom stereocenters. The van der Waals surface area contributed by atoms with E-state index in [0.717, 1.165) is 159 Å². The number of aromatic amines is 2. The van der Waals surface area contributed by atoms with Gasteiger partial charge in [-0.2, -0.15) is 5.26 Å². The van der Waals surface area contributed by atoms with Crippen molar-refractivity contribution in [3.63, 3.8) is 0 Å². The SMILES string of the molecule is Cc1cc(C)c(-c2c3nc(c(-c4ccc(/C=C/c5ccc6c(c5)c5cc(-c7ccc(N(c8ccccc8)c8ccccc8)cc7)ccc5n6CCC(C)CCCC(C)C)cc4)c4ccc([nH]4)c(-c4c(C)cc(C)cc4C)c4nc(c(-c5ccc(/C=C(/C#N)C(=O)O)cc5)c5ccc2[nH]5)C=C4)C=C3)c(C)c1. The molecular formula is C96H85N7O2. The Morgan fingerprint density at radius 3 is 1.36 bits per heavy atom. The Morgan fingerprint density at radius 2 is 0.876 bits per heavy atom. The Morgan fingerprint density at radius 1 is 0.457 bits per heavy atom. The van der Waals surface area contributed by atoms with E-state index in [1.807, 2.05) is 30.3 Å². The molecule has 13 aromatic rings. The number of nitriles is 1. The van der Waals surface area contributed by atoms with Crippen LogP contribution in [-0.4, -0.2) is 35.6 Å². The summed E-state index contributed by atoms with van der Waals surface area (Å²) >= 11 is 0. The number of hydrogen-bond acceptors (Lipinski definition) is 5. The van der Waals surface area contributed by atoms with Gasteiger partial charge in [0.05, 0.1) is 22.8 Å². The molecule has 0 radical (unpaired) electrons. The van der Waals surface area contributed by atoms with E-state index in [2.05, 4.69) is 312 Å². The minimum absolute atomic E-state index is 0.340. The van der Waals surface area contributed by atoms with E-state index in [9.17, 15) is 15.2 Å². The molecule has 6 heterocycles. The summed E-state index contributed by atoms with van der Waals surface area (Å²) in [5.41, 5.74) is 32.2. The van der Waals surface area contributed by atoms with Gasteiger partial charge in [-0.25, -0.2) is 14.8 Å². The van der Waals surface area contributed by atoms with Crippen LogP contribution in [0, 0.1) is 64.7 Å². The second kappa shape index (κ2) is 29.2. The number of benzene rings is 9. The van der Waals surface area contributed by atoms with Crippen LogP contribution in [0.2, 0.25) is 0 Å². The van der Waals surface area contributed by atoms with Crippen molar-refractivity contribution in [2.45, 2.75) is 94.5 Å². The summed E-state index contributed by atoms with van der Waals surface area (Å²) < 4.78 is 2.57. The fourth-order valence-corrected chi connectivity index (χ4v) is 15.9. The van der Waals surface area contributed by atoms with Crippen molar-refractivity contribution < 1.29 is 9.90 Å². The van der Waals surface area contributed by atoms with E-state index in [0.29, 0.717) is 11.5 Å². The number of H-pyrrole nitrogens is 2. The van der Waals surface area contributed by atoms with E-state index in [1.165, 1.54) is 69.4 Å². The van der Waals surface area contributed by atoms with E-state index in [1.54, 1.807) is 0 Å². The highest BCUT2D eigenvalue weighted by Crippen LogP contribution is 2.44. The van der Waals surface area contributed by atoms with Crippen LogP contribution in [0.15, 0.2) is 224 Å². The van der Waals surface area contributed by atoms with Crippen LogP contribution in [0.25, 0.3) is 142 Å². The van der Waals surface area contributed by atoms with Crippen LogP contribution in [0.1, 0.15) is 119 Å². The number of hydrogen-bond donors (Lipinski definition) is 3. The van der Waals surface area contributed by atoms with E-state index in [4.69, 9.17) is 9.97 Å². The second-order valence-electron chi connectivity index (χ2n) is 29.0. The lowest BCUT2D eigenvalue weighted by molar-refractivity contribution is -0.132. The van der Waals surface area contributed by atoms with Gasteiger partial charge in [-0.1, -0.05) is 197 Å². The molecule has 1 unspecified atom stereocenters. The maximum Gasteiger partial charge on any atom is 0.346 e. The summed E-state index contributed by atoms with van der Waals surface area (Å²) in [5, 5.41) is 21.9. The second-order valence-corrected chi connectivity index (χ2v) is 29.0. The topological polar surface area (TPSA) is 127 Å². The van der Waals surface area contributed by atoms with Crippen molar-refractivity contribution in [3.8, 4) is 61.7 Å². The third kappa shape index (κ3) is 14.0. The largest absolute Gasteiger partial charge is 0.477 e. The predicted octanol–water partition coefficient (Wildman–Crippen LogP) is 25.4. The van der Waals surface area contributed by atoms with Gasteiger partial charge in [0.15, 0.2) is 0 Å². The van der Waals surface area contributed by atoms with Gasteiger partial charge in [-0.3, -0.25) is 0 Å². The van der Waals surface area contributed by atoms with Gasteiger partial charge >= 0.3 is 5.97 Å². The van der Waals surface area contributed by atoms with E-state index >= 15 is 0 Å². The molecule has 15 rings (SSSR count). The van der Waals surface area contributed by atoms with Gasteiger partial charge in [0.2, 0.25) is 0 Å². The number of aliphatic carboxylic acids is 1. The molecule has 516 valence electrons. The van der Waals surface area contributed by atoms with Crippen LogP contribution in [0.4, 0.5) is 17.1 Å². The highest BCUT2D eigenvalue weighted by molar-refractivity contribution is 6.10. The molecule has 0 saturated carbocycles. The van der Waals surface area contributed by atoms with Crippen molar-refractivity contribution in [3.05, 3.63) is 297 Å². The van der Waals surface area contributed by atoms with E-state index < -0.39 is 5.97 Å². The van der Waals surface area contributed by atoms with Crippen molar-refractivity contribution >= 4 is 109 Å². The number of carboxylic acids is 1. The van der Waals surface area contributed by atoms with Crippen LogP contribution in [0.3, 0.4) is 0 Å². The number of aromatic nitrogens is 5.